The summed E-state index contributed by atoms with van der Waals surface area (Å²) < 4.78 is 10.2. The Bertz CT molecular complexity index is 165. The lowest BCUT2D eigenvalue weighted by Crippen LogP contribution is -2.34. The molecule has 0 aliphatic carbocycles. The summed E-state index contributed by atoms with van der Waals surface area (Å²) in [5, 5.41) is 5.81. The zero-order valence-corrected chi connectivity index (χ0v) is 10.4. The zero-order valence-electron chi connectivity index (χ0n) is 10.4. The lowest BCUT2D eigenvalue weighted by atomic mass is 10.3. The van der Waals surface area contributed by atoms with Crippen molar-refractivity contribution in [2.75, 3.05) is 46.6 Å². The molecule has 0 saturated carbocycles. The van der Waals surface area contributed by atoms with Crippen LogP contribution in [0.4, 0.5) is 0 Å². The number of nitrogens with one attached hydrogen (secondary N) is 2. The number of ether oxygens (including phenoxy) is 2. The van der Waals surface area contributed by atoms with Crippen LogP contribution < -0.4 is 10.6 Å². The van der Waals surface area contributed by atoms with Crippen LogP contribution in [-0.2, 0) is 14.3 Å². The van der Waals surface area contributed by atoms with Gasteiger partial charge in [0.05, 0.1) is 19.8 Å². The van der Waals surface area contributed by atoms with E-state index in [1.54, 1.807) is 7.11 Å². The molecule has 0 aliphatic heterocycles. The lowest BCUT2D eigenvalue weighted by molar-refractivity contribution is -0.120. The van der Waals surface area contributed by atoms with Crippen molar-refractivity contribution in [1.82, 2.24) is 10.6 Å². The Morgan fingerprint density at radius 1 is 1.19 bits per heavy atom. The number of rotatable bonds is 11. The van der Waals surface area contributed by atoms with Crippen LogP contribution in [0.25, 0.3) is 0 Å². The Balaban J connectivity index is 3.01. The first kappa shape index (κ1) is 15.3. The van der Waals surface area contributed by atoms with Gasteiger partial charge < -0.3 is 20.1 Å². The van der Waals surface area contributed by atoms with Crippen LogP contribution >= 0.6 is 0 Å². The molecule has 2 N–H and O–H groups in total. The highest BCUT2D eigenvalue weighted by Crippen LogP contribution is 1.88. The van der Waals surface area contributed by atoms with Gasteiger partial charge in [0.1, 0.15) is 0 Å². The summed E-state index contributed by atoms with van der Waals surface area (Å²) in [6.07, 6.45) is 2.03. The molecular formula is C11H24N2O3. The first-order valence-corrected chi connectivity index (χ1v) is 5.85. The van der Waals surface area contributed by atoms with E-state index in [1.165, 1.54) is 0 Å². The molecule has 0 heterocycles. The fourth-order valence-corrected chi connectivity index (χ4v) is 1.16. The van der Waals surface area contributed by atoms with E-state index in [0.29, 0.717) is 26.3 Å². The summed E-state index contributed by atoms with van der Waals surface area (Å²) >= 11 is 0. The number of likely N-dealkylation sites (N-methyl/N-ethyl adjacent to an activating group) is 1. The molecule has 96 valence electrons. The number of carbonyl (C=O) groups excluding carboxylic acids is 1. The Hall–Kier alpha value is -0.650. The van der Waals surface area contributed by atoms with Crippen molar-refractivity contribution in [3.05, 3.63) is 0 Å². The average molecular weight is 232 g/mol. The maximum Gasteiger partial charge on any atom is 0.233 e. The second-order valence-electron chi connectivity index (χ2n) is 3.44. The van der Waals surface area contributed by atoms with Gasteiger partial charge in [0.2, 0.25) is 5.91 Å². The van der Waals surface area contributed by atoms with Gasteiger partial charge >= 0.3 is 0 Å². The minimum absolute atomic E-state index is 0.0545. The summed E-state index contributed by atoms with van der Waals surface area (Å²) in [5.74, 6) is 0.0545. The van der Waals surface area contributed by atoms with Crippen LogP contribution in [0.2, 0.25) is 0 Å². The van der Waals surface area contributed by atoms with E-state index in [9.17, 15) is 4.79 Å². The summed E-state index contributed by atoms with van der Waals surface area (Å²) in [6.45, 7) is 5.91. The number of hydrogen-bond donors (Lipinski definition) is 2. The SMILES string of the molecule is CCNC(=O)CNCCCCOCCOC. The Morgan fingerprint density at radius 3 is 2.69 bits per heavy atom. The molecule has 5 nitrogen and oxygen atoms in total. The molecule has 0 aromatic heterocycles. The van der Waals surface area contributed by atoms with E-state index in [0.717, 1.165) is 26.0 Å². The van der Waals surface area contributed by atoms with Gasteiger partial charge in [0, 0.05) is 20.3 Å². The first-order valence-electron chi connectivity index (χ1n) is 5.85. The minimum atomic E-state index is 0.0545. The van der Waals surface area contributed by atoms with Crippen LogP contribution in [0.3, 0.4) is 0 Å². The standard InChI is InChI=1S/C11H24N2O3/c1-3-13-11(14)10-12-6-4-5-7-16-9-8-15-2/h12H,3-10H2,1-2H3,(H,13,14). The number of amides is 1. The van der Waals surface area contributed by atoms with Crippen LogP contribution in [0.5, 0.6) is 0 Å². The van der Waals surface area contributed by atoms with E-state index < -0.39 is 0 Å². The van der Waals surface area contributed by atoms with Gasteiger partial charge in [-0.25, -0.2) is 0 Å². The van der Waals surface area contributed by atoms with Gasteiger partial charge in [0.25, 0.3) is 0 Å². The highest BCUT2D eigenvalue weighted by molar-refractivity contribution is 5.77. The molecule has 0 aromatic carbocycles. The van der Waals surface area contributed by atoms with E-state index >= 15 is 0 Å². The van der Waals surface area contributed by atoms with Crippen molar-refractivity contribution in [1.29, 1.82) is 0 Å². The van der Waals surface area contributed by atoms with Crippen molar-refractivity contribution >= 4 is 5.91 Å². The minimum Gasteiger partial charge on any atom is -0.382 e. The van der Waals surface area contributed by atoms with Crippen LogP contribution in [-0.4, -0.2) is 52.5 Å². The summed E-state index contributed by atoms with van der Waals surface area (Å²) in [7, 11) is 1.66. The lowest BCUT2D eigenvalue weighted by Gasteiger charge is -2.05. The topological polar surface area (TPSA) is 59.6 Å². The van der Waals surface area contributed by atoms with E-state index in [2.05, 4.69) is 10.6 Å². The largest absolute Gasteiger partial charge is 0.382 e. The third kappa shape index (κ3) is 11.4. The maximum absolute atomic E-state index is 11.0. The summed E-state index contributed by atoms with van der Waals surface area (Å²) in [4.78, 5) is 11.0. The number of unbranched alkanes of at least 4 members (excludes halogenated alkanes) is 1. The molecule has 0 spiro atoms. The fraction of sp³-hybridized carbons (Fsp3) is 0.909. The number of hydrogen-bond acceptors (Lipinski definition) is 4. The van der Waals surface area contributed by atoms with Gasteiger partial charge in [-0.15, -0.1) is 0 Å². The second kappa shape index (κ2) is 12.4. The number of carbonyl (C=O) groups is 1. The van der Waals surface area contributed by atoms with Crippen LogP contribution in [0.1, 0.15) is 19.8 Å². The highest BCUT2D eigenvalue weighted by Gasteiger charge is 1.97. The highest BCUT2D eigenvalue weighted by atomic mass is 16.5. The van der Waals surface area contributed by atoms with Gasteiger partial charge in [0.15, 0.2) is 0 Å². The Labute approximate surface area is 97.9 Å². The van der Waals surface area contributed by atoms with Crippen molar-refractivity contribution in [3.8, 4) is 0 Å². The monoisotopic (exact) mass is 232 g/mol. The summed E-state index contributed by atoms with van der Waals surface area (Å²) in [6, 6.07) is 0. The van der Waals surface area contributed by atoms with Gasteiger partial charge in [-0.3, -0.25) is 4.79 Å². The molecule has 0 fully saturated rings. The van der Waals surface area contributed by atoms with E-state index in [4.69, 9.17) is 9.47 Å². The third-order valence-corrected chi connectivity index (χ3v) is 1.98. The maximum atomic E-state index is 11.0. The predicted octanol–water partition coefficient (Wildman–Crippen LogP) is 0.155. The second-order valence-corrected chi connectivity index (χ2v) is 3.44. The van der Waals surface area contributed by atoms with Crippen molar-refractivity contribution < 1.29 is 14.3 Å². The fourth-order valence-electron chi connectivity index (χ4n) is 1.16. The van der Waals surface area contributed by atoms with Crippen molar-refractivity contribution in [3.63, 3.8) is 0 Å². The summed E-state index contributed by atoms with van der Waals surface area (Å²) in [5.41, 5.74) is 0. The van der Waals surface area contributed by atoms with Crippen LogP contribution in [0, 0.1) is 0 Å². The molecule has 0 atom stereocenters. The van der Waals surface area contributed by atoms with Crippen LogP contribution in [0.15, 0.2) is 0 Å². The predicted molar refractivity (Wildman–Crippen MR) is 63.5 cm³/mol. The molecule has 0 radical (unpaired) electrons. The average Bonchev–Trinajstić information content (AvgIpc) is 2.27. The van der Waals surface area contributed by atoms with Crippen molar-refractivity contribution in [2.45, 2.75) is 19.8 Å². The molecular weight excluding hydrogens is 208 g/mol. The molecule has 0 saturated heterocycles. The first-order chi connectivity index (χ1) is 7.81. The molecule has 0 bridgehead atoms. The van der Waals surface area contributed by atoms with E-state index in [1.807, 2.05) is 6.92 Å². The van der Waals surface area contributed by atoms with Gasteiger partial charge in [-0.05, 0) is 26.3 Å². The zero-order chi connectivity index (χ0) is 12.1. The molecule has 0 aliphatic rings. The van der Waals surface area contributed by atoms with E-state index in [-0.39, 0.29) is 5.91 Å². The third-order valence-electron chi connectivity index (χ3n) is 1.98. The van der Waals surface area contributed by atoms with Gasteiger partial charge in [-0.2, -0.15) is 0 Å². The Kier molecular flexibility index (Phi) is 11.9. The molecule has 5 heteroatoms. The molecule has 1 amide bonds. The normalized spacial score (nSPS) is 10.4. The van der Waals surface area contributed by atoms with Gasteiger partial charge in [-0.1, -0.05) is 0 Å². The molecule has 0 unspecified atom stereocenters. The van der Waals surface area contributed by atoms with Crippen molar-refractivity contribution in [2.24, 2.45) is 0 Å². The molecule has 0 aromatic rings. The quantitative estimate of drug-likeness (QED) is 0.498. The Morgan fingerprint density at radius 2 is 2.00 bits per heavy atom. The smallest absolute Gasteiger partial charge is 0.233 e. The molecule has 0 rings (SSSR count). The molecule has 16 heavy (non-hydrogen) atoms. The number of methoxy groups -OCH3 is 1.